The van der Waals surface area contributed by atoms with E-state index in [0.717, 1.165) is 16.5 Å². The molecule has 0 unspecified atom stereocenters. The zero-order valence-electron chi connectivity index (χ0n) is 17.7. The zero-order chi connectivity index (χ0) is 22.3. The van der Waals surface area contributed by atoms with E-state index in [0.29, 0.717) is 48.9 Å². The Morgan fingerprint density at radius 2 is 1.84 bits per heavy atom. The minimum absolute atomic E-state index is 0.0762. The van der Waals surface area contributed by atoms with Gasteiger partial charge in [-0.15, -0.1) is 0 Å². The molecule has 0 aliphatic carbocycles. The van der Waals surface area contributed by atoms with Gasteiger partial charge in [0.1, 0.15) is 0 Å². The maximum Gasteiger partial charge on any atom is 0.272 e. The smallest absolute Gasteiger partial charge is 0.272 e. The first-order valence-electron chi connectivity index (χ1n) is 10.5. The van der Waals surface area contributed by atoms with Crippen LogP contribution in [0.15, 0.2) is 57.8 Å². The van der Waals surface area contributed by atoms with Gasteiger partial charge in [0.2, 0.25) is 17.6 Å². The molecule has 4 rings (SSSR count). The summed E-state index contributed by atoms with van der Waals surface area (Å²) in [5.41, 5.74) is 1.82. The molecule has 0 fully saturated rings. The lowest BCUT2D eigenvalue weighted by Gasteiger charge is -2.08. The number of aromatic amines is 1. The number of aromatic nitrogens is 4. The molecule has 4 aromatic rings. The molecule has 0 atom stereocenters. The molecule has 0 aliphatic rings. The summed E-state index contributed by atoms with van der Waals surface area (Å²) in [5, 5.41) is 18.0. The van der Waals surface area contributed by atoms with Crippen LogP contribution >= 0.6 is 0 Å². The van der Waals surface area contributed by atoms with E-state index in [9.17, 15) is 9.59 Å². The molecule has 0 saturated carbocycles. The minimum Gasteiger partial charge on any atom is -0.368 e. The van der Waals surface area contributed by atoms with Gasteiger partial charge in [-0.1, -0.05) is 53.2 Å². The van der Waals surface area contributed by atoms with Crippen LogP contribution in [0, 0.1) is 6.92 Å². The summed E-state index contributed by atoms with van der Waals surface area (Å²) in [6.07, 6.45) is 1.37. The predicted octanol–water partition coefficient (Wildman–Crippen LogP) is 2.83. The summed E-state index contributed by atoms with van der Waals surface area (Å²) < 4.78 is 5.25. The Kier molecular flexibility index (Phi) is 6.54. The third-order valence-electron chi connectivity index (χ3n) is 5.01. The summed E-state index contributed by atoms with van der Waals surface area (Å²) in [7, 11) is 0. The maximum absolute atomic E-state index is 12.1. The number of carbonyl (C=O) groups excluding carboxylic acids is 1. The molecule has 0 aliphatic heterocycles. The van der Waals surface area contributed by atoms with Crippen molar-refractivity contribution in [2.45, 2.75) is 26.2 Å². The quantitative estimate of drug-likeness (QED) is 0.347. The number of aryl methyl sites for hydroxylation is 2. The van der Waals surface area contributed by atoms with Gasteiger partial charge in [-0.3, -0.25) is 9.59 Å². The molecule has 32 heavy (non-hydrogen) atoms. The van der Waals surface area contributed by atoms with E-state index in [1.165, 1.54) is 0 Å². The molecule has 0 saturated heterocycles. The Morgan fingerprint density at radius 3 is 2.66 bits per heavy atom. The number of hydrogen-bond donors (Lipinski definition) is 3. The Labute approximate surface area is 184 Å². The fraction of sp³-hybridized carbons (Fsp3) is 0.261. The molecule has 0 radical (unpaired) electrons. The average molecular weight is 432 g/mol. The van der Waals surface area contributed by atoms with Crippen LogP contribution in [0.5, 0.6) is 0 Å². The minimum atomic E-state index is -0.217. The molecule has 1 amide bonds. The third-order valence-corrected chi connectivity index (χ3v) is 5.01. The fourth-order valence-corrected chi connectivity index (χ4v) is 3.26. The average Bonchev–Trinajstić information content (AvgIpc) is 3.28. The first-order chi connectivity index (χ1) is 15.6. The van der Waals surface area contributed by atoms with E-state index in [-0.39, 0.29) is 17.9 Å². The van der Waals surface area contributed by atoms with Crippen molar-refractivity contribution in [3.8, 4) is 11.4 Å². The van der Waals surface area contributed by atoms with Crippen molar-refractivity contribution in [2.24, 2.45) is 0 Å². The summed E-state index contributed by atoms with van der Waals surface area (Å²) >= 11 is 0. The van der Waals surface area contributed by atoms with Gasteiger partial charge in [-0.2, -0.15) is 10.1 Å². The van der Waals surface area contributed by atoms with Crippen molar-refractivity contribution >= 4 is 22.5 Å². The Bertz CT molecular complexity index is 1260. The van der Waals surface area contributed by atoms with Crippen LogP contribution in [-0.4, -0.2) is 39.3 Å². The number of carbonyl (C=O) groups is 1. The zero-order valence-corrected chi connectivity index (χ0v) is 17.7. The molecule has 2 heterocycles. The summed E-state index contributed by atoms with van der Waals surface area (Å²) in [4.78, 5) is 28.3. The van der Waals surface area contributed by atoms with Crippen LogP contribution in [0.3, 0.4) is 0 Å². The number of hydrogen-bond acceptors (Lipinski definition) is 7. The summed E-state index contributed by atoms with van der Waals surface area (Å²) in [5.74, 6) is 1.50. The molecule has 2 aromatic heterocycles. The van der Waals surface area contributed by atoms with E-state index in [4.69, 9.17) is 4.52 Å². The lowest BCUT2D eigenvalue weighted by Crippen LogP contribution is -2.26. The third kappa shape index (κ3) is 5.18. The van der Waals surface area contributed by atoms with Crippen molar-refractivity contribution in [1.82, 2.24) is 25.7 Å². The molecular weight excluding hydrogens is 408 g/mol. The Morgan fingerprint density at radius 1 is 1.06 bits per heavy atom. The second kappa shape index (κ2) is 9.86. The van der Waals surface area contributed by atoms with Gasteiger partial charge < -0.3 is 15.2 Å². The van der Waals surface area contributed by atoms with Gasteiger partial charge in [-0.25, -0.2) is 5.10 Å². The van der Waals surface area contributed by atoms with Gasteiger partial charge >= 0.3 is 0 Å². The van der Waals surface area contributed by atoms with Crippen LogP contribution in [0.2, 0.25) is 0 Å². The summed E-state index contributed by atoms with van der Waals surface area (Å²) in [6, 6.07) is 15.1. The molecule has 2 aromatic carbocycles. The van der Waals surface area contributed by atoms with Crippen LogP contribution in [0.4, 0.5) is 5.82 Å². The van der Waals surface area contributed by atoms with Crippen LogP contribution in [0.1, 0.15) is 24.3 Å². The van der Waals surface area contributed by atoms with Crippen molar-refractivity contribution < 1.29 is 9.32 Å². The Hall–Kier alpha value is -4.01. The van der Waals surface area contributed by atoms with Gasteiger partial charge in [-0.05, 0) is 19.4 Å². The van der Waals surface area contributed by atoms with E-state index in [1.807, 2.05) is 49.4 Å². The number of anilines is 1. The second-order valence-corrected chi connectivity index (χ2v) is 7.45. The van der Waals surface area contributed by atoms with Gasteiger partial charge in [0.25, 0.3) is 5.56 Å². The molecule has 164 valence electrons. The van der Waals surface area contributed by atoms with Crippen molar-refractivity contribution in [1.29, 1.82) is 0 Å². The van der Waals surface area contributed by atoms with E-state index < -0.39 is 0 Å². The maximum atomic E-state index is 12.1. The number of nitrogens with one attached hydrogen (secondary N) is 3. The predicted molar refractivity (Wildman–Crippen MR) is 121 cm³/mol. The van der Waals surface area contributed by atoms with Crippen molar-refractivity contribution in [3.63, 3.8) is 0 Å². The van der Waals surface area contributed by atoms with E-state index in [1.54, 1.807) is 6.07 Å². The fourth-order valence-electron chi connectivity index (χ4n) is 3.26. The van der Waals surface area contributed by atoms with Crippen molar-refractivity contribution in [2.75, 3.05) is 18.4 Å². The van der Waals surface area contributed by atoms with Crippen molar-refractivity contribution in [3.05, 3.63) is 70.3 Å². The summed E-state index contributed by atoms with van der Waals surface area (Å²) in [6.45, 7) is 3.14. The number of amides is 1. The van der Waals surface area contributed by atoms with E-state index >= 15 is 0 Å². The Balaban J connectivity index is 1.18. The molecule has 9 heteroatoms. The number of benzene rings is 2. The number of fused-ring (bicyclic) bond motifs is 1. The topological polar surface area (TPSA) is 126 Å². The number of nitrogens with zero attached hydrogens (tertiary/aromatic N) is 3. The van der Waals surface area contributed by atoms with Gasteiger partial charge in [0.15, 0.2) is 5.82 Å². The molecular formula is C23H24N6O3. The lowest BCUT2D eigenvalue weighted by atomic mass is 10.1. The highest BCUT2D eigenvalue weighted by Crippen LogP contribution is 2.17. The highest BCUT2D eigenvalue weighted by atomic mass is 16.5. The molecule has 9 nitrogen and oxygen atoms in total. The van der Waals surface area contributed by atoms with Gasteiger partial charge in [0.05, 0.1) is 5.39 Å². The highest BCUT2D eigenvalue weighted by molar-refractivity contribution is 5.90. The first-order valence-corrected chi connectivity index (χ1v) is 10.5. The molecule has 3 N–H and O–H groups in total. The largest absolute Gasteiger partial charge is 0.368 e. The molecule has 0 spiro atoms. The highest BCUT2D eigenvalue weighted by Gasteiger charge is 2.11. The standard InChI is InChI=1S/C23H24N6O3/c1-15-7-9-16(10-8-15)21-26-20(32-29-21)12-11-19(30)24-13-4-14-25-22-17-5-2-3-6-18(17)23(31)28-27-22/h2-3,5-10H,4,11-14H2,1H3,(H,24,30)(H,25,27)(H,28,31). The molecule has 0 bridgehead atoms. The first kappa shape index (κ1) is 21.2. The number of H-pyrrole nitrogens is 1. The SMILES string of the molecule is Cc1ccc(-c2noc(CCC(=O)NCCCNc3n[nH]c(=O)c4ccccc34)n2)cc1. The van der Waals surface area contributed by atoms with E-state index in [2.05, 4.69) is 31.0 Å². The number of rotatable bonds is 9. The van der Waals surface area contributed by atoms with Crippen LogP contribution in [-0.2, 0) is 11.2 Å². The second-order valence-electron chi connectivity index (χ2n) is 7.45. The van der Waals surface area contributed by atoms with Crippen LogP contribution in [0.25, 0.3) is 22.2 Å². The van der Waals surface area contributed by atoms with Gasteiger partial charge in [0, 0.05) is 36.9 Å². The lowest BCUT2D eigenvalue weighted by molar-refractivity contribution is -0.121. The monoisotopic (exact) mass is 432 g/mol. The normalized spacial score (nSPS) is 10.9. The van der Waals surface area contributed by atoms with Crippen LogP contribution < -0.4 is 16.2 Å².